The van der Waals surface area contributed by atoms with Gasteiger partial charge in [-0.2, -0.15) is 0 Å². The monoisotopic (exact) mass is 472 g/mol. The minimum atomic E-state index is -0.443. The summed E-state index contributed by atoms with van der Waals surface area (Å²) < 4.78 is 10.9. The van der Waals surface area contributed by atoms with Crippen LogP contribution in [0.25, 0.3) is 21.9 Å². The number of esters is 2. The fourth-order valence-corrected chi connectivity index (χ4v) is 5.29. The molecule has 0 saturated carbocycles. The number of carbonyl (C=O) groups excluding carboxylic acids is 2. The van der Waals surface area contributed by atoms with Gasteiger partial charge in [0.1, 0.15) is 5.75 Å². The molecule has 7 heteroatoms. The van der Waals surface area contributed by atoms with Gasteiger partial charge in [-0.05, 0) is 67.0 Å². The van der Waals surface area contributed by atoms with Gasteiger partial charge in [-0.15, -0.1) is 35.3 Å². The molecule has 0 bridgehead atoms. The van der Waals surface area contributed by atoms with E-state index in [1.54, 1.807) is 48.3 Å². The summed E-state index contributed by atoms with van der Waals surface area (Å²) in [5.74, 6) is -0.521. The molecule has 3 aromatic carbocycles. The third-order valence-corrected chi connectivity index (χ3v) is 7.16. The van der Waals surface area contributed by atoms with Gasteiger partial charge in [0.25, 0.3) is 0 Å². The summed E-state index contributed by atoms with van der Waals surface area (Å²) in [6, 6.07) is 13.8. The lowest BCUT2D eigenvalue weighted by Crippen LogP contribution is -2.09. The van der Waals surface area contributed by atoms with Crippen molar-refractivity contribution in [2.75, 3.05) is 25.4 Å². The van der Waals surface area contributed by atoms with E-state index in [0.29, 0.717) is 11.3 Å². The highest BCUT2D eigenvalue weighted by molar-refractivity contribution is 8.01. The molecule has 0 radical (unpaired) electrons. The van der Waals surface area contributed by atoms with Gasteiger partial charge in [0.2, 0.25) is 0 Å². The quantitative estimate of drug-likeness (QED) is 0.213. The van der Waals surface area contributed by atoms with Gasteiger partial charge in [0.05, 0.1) is 12.2 Å². The van der Waals surface area contributed by atoms with Gasteiger partial charge in [0, 0.05) is 32.6 Å². The Morgan fingerprint density at radius 3 is 2.00 bits per heavy atom. The fraction of sp³-hybridized carbons (Fsp3) is 0.250. The minimum Gasteiger partial charge on any atom is -0.462 e. The second-order valence-electron chi connectivity index (χ2n) is 6.59. The number of carbonyl (C=O) groups is 2. The van der Waals surface area contributed by atoms with Crippen LogP contribution in [0, 0.1) is 0 Å². The summed E-state index contributed by atoms with van der Waals surface area (Å²) in [5.41, 5.74) is 2.07. The molecule has 0 aliphatic heterocycles. The predicted octanol–water partition coefficient (Wildman–Crippen LogP) is 6.77. The number of hydrogen-bond acceptors (Lipinski definition) is 7. The third-order valence-electron chi connectivity index (χ3n) is 4.73. The van der Waals surface area contributed by atoms with E-state index in [1.807, 2.05) is 49.1 Å². The number of benzene rings is 3. The number of hydrogen-bond donors (Lipinski definition) is 0. The molecule has 0 fully saturated rings. The van der Waals surface area contributed by atoms with Crippen molar-refractivity contribution in [1.29, 1.82) is 0 Å². The Balaban J connectivity index is 2.44. The van der Waals surface area contributed by atoms with Crippen molar-refractivity contribution in [3.63, 3.8) is 0 Å². The van der Waals surface area contributed by atoms with E-state index in [9.17, 15) is 9.59 Å². The molecule has 0 unspecified atom stereocenters. The van der Waals surface area contributed by atoms with E-state index in [2.05, 4.69) is 6.07 Å². The predicted molar refractivity (Wildman–Crippen MR) is 132 cm³/mol. The average molecular weight is 473 g/mol. The molecule has 0 aliphatic rings. The van der Waals surface area contributed by atoms with Crippen molar-refractivity contribution >= 4 is 58.0 Å². The van der Waals surface area contributed by atoms with Gasteiger partial charge >= 0.3 is 11.9 Å². The van der Waals surface area contributed by atoms with Crippen LogP contribution in [0.3, 0.4) is 0 Å². The van der Waals surface area contributed by atoms with E-state index >= 15 is 0 Å². The normalized spacial score (nSPS) is 10.9. The SMILES string of the molecule is CCOC(=O)c1cc(OC(C)=O)c2cc(SC)c(SC)cc2c1-c1ccc(SC)cc1. The summed E-state index contributed by atoms with van der Waals surface area (Å²) in [6.45, 7) is 3.39. The standard InChI is InChI=1S/C24H24O4S3/c1-6-27-24(26)19-11-20(28-14(2)25)17-12-21(30-4)22(31-5)13-18(17)23(19)15-7-9-16(29-3)10-8-15/h7-13H,6H2,1-5H3. The fourth-order valence-electron chi connectivity index (χ4n) is 3.39. The van der Waals surface area contributed by atoms with E-state index in [1.165, 1.54) is 6.92 Å². The van der Waals surface area contributed by atoms with E-state index < -0.39 is 11.9 Å². The largest absolute Gasteiger partial charge is 0.462 e. The Labute approximate surface area is 195 Å². The van der Waals surface area contributed by atoms with Crippen molar-refractivity contribution in [1.82, 2.24) is 0 Å². The summed E-state index contributed by atoms with van der Waals surface area (Å²) >= 11 is 4.93. The minimum absolute atomic E-state index is 0.256. The van der Waals surface area contributed by atoms with Crippen LogP contribution in [0.15, 0.2) is 57.2 Å². The number of fused-ring (bicyclic) bond motifs is 1. The second kappa shape index (κ2) is 10.5. The molecule has 0 spiro atoms. The smallest absolute Gasteiger partial charge is 0.338 e. The molecule has 0 N–H and O–H groups in total. The molecule has 3 aromatic rings. The Morgan fingerprint density at radius 1 is 0.871 bits per heavy atom. The average Bonchev–Trinajstić information content (AvgIpc) is 2.77. The Bertz CT molecular complexity index is 1120. The van der Waals surface area contributed by atoms with Crippen LogP contribution < -0.4 is 4.74 Å². The lowest BCUT2D eigenvalue weighted by Gasteiger charge is -2.18. The molecular weight excluding hydrogens is 448 g/mol. The van der Waals surface area contributed by atoms with Crippen molar-refractivity contribution in [2.24, 2.45) is 0 Å². The van der Waals surface area contributed by atoms with Crippen LogP contribution in [0.4, 0.5) is 0 Å². The first-order chi connectivity index (χ1) is 14.9. The molecule has 3 rings (SSSR count). The molecule has 0 heterocycles. The highest BCUT2D eigenvalue weighted by atomic mass is 32.2. The highest BCUT2D eigenvalue weighted by Gasteiger charge is 2.22. The van der Waals surface area contributed by atoms with Crippen molar-refractivity contribution in [3.8, 4) is 16.9 Å². The third kappa shape index (κ3) is 5.05. The van der Waals surface area contributed by atoms with Crippen LogP contribution in [-0.4, -0.2) is 37.3 Å². The van der Waals surface area contributed by atoms with Crippen LogP contribution in [0.5, 0.6) is 5.75 Å². The molecule has 4 nitrogen and oxygen atoms in total. The summed E-state index contributed by atoms with van der Waals surface area (Å²) in [7, 11) is 0. The van der Waals surface area contributed by atoms with Crippen LogP contribution in [-0.2, 0) is 9.53 Å². The Morgan fingerprint density at radius 2 is 1.48 bits per heavy atom. The molecule has 0 atom stereocenters. The number of thioether (sulfide) groups is 3. The van der Waals surface area contributed by atoms with Crippen LogP contribution >= 0.6 is 35.3 Å². The molecule has 0 aliphatic carbocycles. The molecular formula is C24H24O4S3. The molecule has 0 saturated heterocycles. The summed E-state index contributed by atoms with van der Waals surface area (Å²) in [6.07, 6.45) is 6.06. The van der Waals surface area contributed by atoms with E-state index in [-0.39, 0.29) is 6.61 Å². The zero-order valence-corrected chi connectivity index (χ0v) is 20.6. The first-order valence-corrected chi connectivity index (χ1v) is 13.3. The van der Waals surface area contributed by atoms with E-state index in [0.717, 1.165) is 36.6 Å². The lowest BCUT2D eigenvalue weighted by molar-refractivity contribution is -0.131. The van der Waals surface area contributed by atoms with Crippen molar-refractivity contribution in [2.45, 2.75) is 28.5 Å². The van der Waals surface area contributed by atoms with Crippen molar-refractivity contribution in [3.05, 3.63) is 48.0 Å². The maximum absolute atomic E-state index is 12.9. The topological polar surface area (TPSA) is 52.6 Å². The number of ether oxygens (including phenoxy) is 2. The van der Waals surface area contributed by atoms with Gasteiger partial charge in [-0.3, -0.25) is 4.79 Å². The highest BCUT2D eigenvalue weighted by Crippen LogP contribution is 2.43. The van der Waals surface area contributed by atoms with Gasteiger partial charge in [0.15, 0.2) is 0 Å². The molecule has 0 aromatic heterocycles. The summed E-state index contributed by atoms with van der Waals surface area (Å²) in [5, 5.41) is 1.63. The zero-order chi connectivity index (χ0) is 22.5. The van der Waals surface area contributed by atoms with E-state index in [4.69, 9.17) is 9.47 Å². The lowest BCUT2D eigenvalue weighted by atomic mass is 9.92. The molecule has 0 amide bonds. The maximum atomic E-state index is 12.9. The second-order valence-corrected chi connectivity index (χ2v) is 9.17. The summed E-state index contributed by atoms with van der Waals surface area (Å²) in [4.78, 5) is 28.1. The first kappa shape index (κ1) is 23.6. The molecule has 31 heavy (non-hydrogen) atoms. The van der Waals surface area contributed by atoms with Gasteiger partial charge < -0.3 is 9.47 Å². The number of rotatable bonds is 7. The Kier molecular flexibility index (Phi) is 7.97. The van der Waals surface area contributed by atoms with Crippen LogP contribution in [0.1, 0.15) is 24.2 Å². The Hall–Kier alpha value is -2.09. The first-order valence-electron chi connectivity index (χ1n) is 9.66. The van der Waals surface area contributed by atoms with Gasteiger partial charge in [-0.25, -0.2) is 4.79 Å². The molecule has 162 valence electrons. The van der Waals surface area contributed by atoms with Crippen LogP contribution in [0.2, 0.25) is 0 Å². The van der Waals surface area contributed by atoms with Gasteiger partial charge in [-0.1, -0.05) is 12.1 Å². The zero-order valence-electron chi connectivity index (χ0n) is 18.1. The maximum Gasteiger partial charge on any atom is 0.338 e. The van der Waals surface area contributed by atoms with Crippen molar-refractivity contribution < 1.29 is 19.1 Å².